The Hall–Kier alpha value is -2.57. The van der Waals surface area contributed by atoms with Crippen LogP contribution in [0, 0.1) is 31.4 Å². The van der Waals surface area contributed by atoms with E-state index in [0.717, 1.165) is 0 Å². The maximum atomic E-state index is 14.5. The summed E-state index contributed by atoms with van der Waals surface area (Å²) in [4.78, 5) is 8.44. The molecular formula is C17H19F2N5. The predicted molar refractivity (Wildman–Crippen MR) is 88.9 cm³/mol. The van der Waals surface area contributed by atoms with Gasteiger partial charge < -0.3 is 5.32 Å². The molecule has 5 nitrogen and oxygen atoms in total. The van der Waals surface area contributed by atoms with Gasteiger partial charge in [-0.05, 0) is 37.5 Å². The molecule has 24 heavy (non-hydrogen) atoms. The third-order valence-corrected chi connectivity index (χ3v) is 3.80. The molecule has 2 aromatic heterocycles. The standard InChI is InChI=1S/C17H19F2N5/c1-9(2)7-20-16-15(11(4)23-17-21-8-22-24(16)17)12-6-13(18)10(3)5-14(12)19/h5-6,8-9,20H,7H2,1-4H3. The first kappa shape index (κ1) is 16.3. The van der Waals surface area contributed by atoms with Crippen molar-refractivity contribution in [2.75, 3.05) is 11.9 Å². The van der Waals surface area contributed by atoms with Gasteiger partial charge in [-0.15, -0.1) is 0 Å². The largest absolute Gasteiger partial charge is 0.369 e. The minimum absolute atomic E-state index is 0.159. The molecule has 3 aromatic rings. The number of aryl methyl sites for hydroxylation is 2. The molecule has 7 heteroatoms. The molecule has 0 spiro atoms. The molecule has 0 saturated heterocycles. The summed E-state index contributed by atoms with van der Waals surface area (Å²) in [6, 6.07) is 2.40. The van der Waals surface area contributed by atoms with Gasteiger partial charge in [-0.25, -0.2) is 13.8 Å². The number of anilines is 1. The van der Waals surface area contributed by atoms with Crippen molar-refractivity contribution in [3.8, 4) is 11.1 Å². The van der Waals surface area contributed by atoms with Gasteiger partial charge in [0.05, 0.1) is 5.69 Å². The van der Waals surface area contributed by atoms with Crippen LogP contribution < -0.4 is 5.32 Å². The zero-order chi connectivity index (χ0) is 17.4. The molecule has 0 unspecified atom stereocenters. The Labute approximate surface area is 138 Å². The fourth-order valence-electron chi connectivity index (χ4n) is 2.58. The lowest BCUT2D eigenvalue weighted by Gasteiger charge is -2.17. The van der Waals surface area contributed by atoms with Gasteiger partial charge in [0.1, 0.15) is 23.8 Å². The van der Waals surface area contributed by atoms with Crippen molar-refractivity contribution >= 4 is 11.6 Å². The highest BCUT2D eigenvalue weighted by Crippen LogP contribution is 2.34. The first-order valence-corrected chi connectivity index (χ1v) is 7.78. The van der Waals surface area contributed by atoms with Crippen molar-refractivity contribution in [1.82, 2.24) is 19.6 Å². The average Bonchev–Trinajstić information content (AvgIpc) is 2.96. The number of benzene rings is 1. The minimum atomic E-state index is -0.495. The molecular weight excluding hydrogens is 312 g/mol. The highest BCUT2D eigenvalue weighted by molar-refractivity contribution is 5.79. The van der Waals surface area contributed by atoms with Gasteiger partial charge in [0.25, 0.3) is 5.78 Å². The van der Waals surface area contributed by atoms with E-state index in [0.29, 0.717) is 35.3 Å². The van der Waals surface area contributed by atoms with Gasteiger partial charge in [0.2, 0.25) is 0 Å². The molecule has 1 aromatic carbocycles. The van der Waals surface area contributed by atoms with Crippen molar-refractivity contribution in [2.45, 2.75) is 27.7 Å². The predicted octanol–water partition coefficient (Wildman–Crippen LogP) is 3.75. The minimum Gasteiger partial charge on any atom is -0.369 e. The van der Waals surface area contributed by atoms with Crippen LogP contribution >= 0.6 is 0 Å². The zero-order valence-corrected chi connectivity index (χ0v) is 14.1. The Bertz CT molecular complexity index is 902. The van der Waals surface area contributed by atoms with E-state index in [1.807, 2.05) is 0 Å². The first-order valence-electron chi connectivity index (χ1n) is 7.78. The van der Waals surface area contributed by atoms with Gasteiger partial charge >= 0.3 is 0 Å². The quantitative estimate of drug-likeness (QED) is 0.791. The maximum absolute atomic E-state index is 14.5. The fraction of sp³-hybridized carbons (Fsp3) is 0.353. The van der Waals surface area contributed by atoms with Crippen molar-refractivity contribution < 1.29 is 8.78 Å². The molecule has 0 atom stereocenters. The molecule has 0 radical (unpaired) electrons. The number of fused-ring (bicyclic) bond motifs is 1. The average molecular weight is 331 g/mol. The molecule has 3 rings (SSSR count). The lowest BCUT2D eigenvalue weighted by molar-refractivity contribution is 0.595. The number of hydrogen-bond acceptors (Lipinski definition) is 4. The second-order valence-electron chi connectivity index (χ2n) is 6.25. The van der Waals surface area contributed by atoms with Crippen LogP contribution in [0.3, 0.4) is 0 Å². The molecule has 2 heterocycles. The van der Waals surface area contributed by atoms with Crippen molar-refractivity contribution in [3.05, 3.63) is 41.4 Å². The van der Waals surface area contributed by atoms with Crippen LogP contribution in [0.25, 0.3) is 16.9 Å². The smallest absolute Gasteiger partial charge is 0.254 e. The van der Waals surface area contributed by atoms with Crippen molar-refractivity contribution in [3.63, 3.8) is 0 Å². The van der Waals surface area contributed by atoms with Crippen molar-refractivity contribution in [1.29, 1.82) is 0 Å². The summed E-state index contributed by atoms with van der Waals surface area (Å²) in [7, 11) is 0. The van der Waals surface area contributed by atoms with Crippen LogP contribution in [0.15, 0.2) is 18.5 Å². The lowest BCUT2D eigenvalue weighted by atomic mass is 10.0. The van der Waals surface area contributed by atoms with E-state index in [9.17, 15) is 8.78 Å². The summed E-state index contributed by atoms with van der Waals surface area (Å²) in [5.41, 5.74) is 1.47. The van der Waals surface area contributed by atoms with Gasteiger partial charge in [0.15, 0.2) is 0 Å². The number of halogens is 2. The number of nitrogens with one attached hydrogen (secondary N) is 1. The van der Waals surface area contributed by atoms with E-state index in [1.54, 1.807) is 6.92 Å². The van der Waals surface area contributed by atoms with E-state index in [2.05, 4.69) is 34.2 Å². The molecule has 0 aliphatic carbocycles. The molecule has 126 valence electrons. The first-order chi connectivity index (χ1) is 11.4. The SMILES string of the molecule is Cc1cc(F)c(-c2c(C)nc3ncnn3c2NCC(C)C)cc1F. The molecule has 0 aliphatic rings. The van der Waals surface area contributed by atoms with Gasteiger partial charge in [-0.1, -0.05) is 13.8 Å². The third-order valence-electron chi connectivity index (χ3n) is 3.80. The van der Waals surface area contributed by atoms with E-state index in [-0.39, 0.29) is 11.1 Å². The summed E-state index contributed by atoms with van der Waals surface area (Å²) >= 11 is 0. The van der Waals surface area contributed by atoms with E-state index < -0.39 is 11.6 Å². The topological polar surface area (TPSA) is 55.1 Å². The fourth-order valence-corrected chi connectivity index (χ4v) is 2.58. The van der Waals surface area contributed by atoms with Gasteiger partial charge in [-0.2, -0.15) is 14.6 Å². The maximum Gasteiger partial charge on any atom is 0.254 e. The highest BCUT2D eigenvalue weighted by atomic mass is 19.1. The van der Waals surface area contributed by atoms with E-state index in [4.69, 9.17) is 0 Å². The van der Waals surface area contributed by atoms with E-state index in [1.165, 1.54) is 29.9 Å². The zero-order valence-electron chi connectivity index (χ0n) is 14.1. The number of nitrogens with zero attached hydrogens (tertiary/aromatic N) is 4. The molecule has 0 saturated carbocycles. The monoisotopic (exact) mass is 331 g/mol. The summed E-state index contributed by atoms with van der Waals surface area (Å²) in [5.74, 6) is 0.385. The Kier molecular flexibility index (Phi) is 4.17. The Morgan fingerprint density at radius 3 is 2.62 bits per heavy atom. The van der Waals surface area contributed by atoms with E-state index >= 15 is 0 Å². The van der Waals surface area contributed by atoms with Gasteiger partial charge in [0, 0.05) is 17.7 Å². The Balaban J connectivity index is 2.28. The van der Waals surface area contributed by atoms with Gasteiger partial charge in [-0.3, -0.25) is 0 Å². The Morgan fingerprint density at radius 2 is 1.92 bits per heavy atom. The van der Waals surface area contributed by atoms with Crippen LogP contribution in [0.5, 0.6) is 0 Å². The molecule has 1 N–H and O–H groups in total. The lowest BCUT2D eigenvalue weighted by Crippen LogP contribution is -2.14. The summed E-state index contributed by atoms with van der Waals surface area (Å²) in [5, 5.41) is 7.43. The molecule has 0 aliphatic heterocycles. The second kappa shape index (κ2) is 6.14. The Morgan fingerprint density at radius 1 is 1.17 bits per heavy atom. The highest BCUT2D eigenvalue weighted by Gasteiger charge is 2.20. The number of aromatic nitrogens is 4. The third kappa shape index (κ3) is 2.81. The summed E-state index contributed by atoms with van der Waals surface area (Å²) < 4.78 is 30.1. The van der Waals surface area contributed by atoms with Crippen LogP contribution in [-0.2, 0) is 0 Å². The normalized spacial score (nSPS) is 11.5. The second-order valence-corrected chi connectivity index (χ2v) is 6.25. The number of hydrogen-bond donors (Lipinski definition) is 1. The van der Waals surface area contributed by atoms with Crippen LogP contribution in [-0.4, -0.2) is 26.1 Å². The number of rotatable bonds is 4. The summed E-state index contributed by atoms with van der Waals surface area (Å²) in [6.07, 6.45) is 1.39. The summed E-state index contributed by atoms with van der Waals surface area (Å²) in [6.45, 7) is 8.06. The molecule has 0 amide bonds. The van der Waals surface area contributed by atoms with Crippen LogP contribution in [0.1, 0.15) is 25.1 Å². The van der Waals surface area contributed by atoms with Crippen molar-refractivity contribution in [2.24, 2.45) is 5.92 Å². The molecule has 0 bridgehead atoms. The van der Waals surface area contributed by atoms with Crippen LogP contribution in [0.2, 0.25) is 0 Å². The molecule has 0 fully saturated rings. The van der Waals surface area contributed by atoms with Crippen LogP contribution in [0.4, 0.5) is 14.6 Å².